The van der Waals surface area contributed by atoms with Crippen molar-refractivity contribution in [2.24, 2.45) is 0 Å². The van der Waals surface area contributed by atoms with Gasteiger partial charge < -0.3 is 5.32 Å². The number of para-hydroxylation sites is 1. The molecular formula is C14H18N2. The van der Waals surface area contributed by atoms with Crippen LogP contribution in [0.4, 0.5) is 5.69 Å². The van der Waals surface area contributed by atoms with Gasteiger partial charge in [-0.3, -0.25) is 0 Å². The molecule has 84 valence electrons. The van der Waals surface area contributed by atoms with Gasteiger partial charge in [-0.1, -0.05) is 24.6 Å². The highest BCUT2D eigenvalue weighted by molar-refractivity contribution is 5.56. The Hall–Kier alpha value is -1.75. The van der Waals surface area contributed by atoms with E-state index >= 15 is 0 Å². The van der Waals surface area contributed by atoms with Gasteiger partial charge in [-0.25, -0.2) is 0 Å². The number of benzene rings is 1. The maximum absolute atomic E-state index is 8.89. The molecule has 0 bridgehead atoms. The monoisotopic (exact) mass is 214 g/mol. The number of nitrogens with one attached hydrogen (secondary N) is 1. The first-order valence-electron chi connectivity index (χ1n) is 5.72. The summed E-state index contributed by atoms with van der Waals surface area (Å²) in [4.78, 5) is 0. The van der Waals surface area contributed by atoms with Crippen LogP contribution in [0.5, 0.6) is 0 Å². The lowest BCUT2D eigenvalue weighted by atomic mass is 10.1. The molecule has 1 N–H and O–H groups in total. The van der Waals surface area contributed by atoms with Gasteiger partial charge in [0, 0.05) is 6.54 Å². The van der Waals surface area contributed by atoms with Gasteiger partial charge in [-0.05, 0) is 31.4 Å². The smallest absolute Gasteiger partial charge is 0.101 e. The van der Waals surface area contributed by atoms with Crippen LogP contribution in [0.25, 0.3) is 0 Å². The van der Waals surface area contributed by atoms with Crippen molar-refractivity contribution in [1.29, 1.82) is 5.26 Å². The van der Waals surface area contributed by atoms with Crippen LogP contribution in [0.1, 0.15) is 31.2 Å². The van der Waals surface area contributed by atoms with Crippen molar-refractivity contribution in [3.63, 3.8) is 0 Å². The van der Waals surface area contributed by atoms with Crippen LogP contribution in [0.3, 0.4) is 0 Å². The van der Waals surface area contributed by atoms with Gasteiger partial charge in [0.05, 0.1) is 11.3 Å². The first kappa shape index (κ1) is 12.3. The molecule has 0 aliphatic carbocycles. The largest absolute Gasteiger partial charge is 0.384 e. The van der Waals surface area contributed by atoms with E-state index in [4.69, 9.17) is 5.26 Å². The zero-order valence-electron chi connectivity index (χ0n) is 9.58. The molecule has 0 spiro atoms. The minimum Gasteiger partial charge on any atom is -0.384 e. The lowest BCUT2D eigenvalue weighted by molar-refractivity contribution is 0.708. The zero-order valence-corrected chi connectivity index (χ0v) is 9.58. The molecule has 1 aromatic carbocycles. The average molecular weight is 214 g/mol. The number of anilines is 1. The van der Waals surface area contributed by atoms with Crippen LogP contribution in [-0.4, -0.2) is 6.54 Å². The third-order valence-electron chi connectivity index (χ3n) is 2.45. The summed E-state index contributed by atoms with van der Waals surface area (Å²) in [5.41, 5.74) is 1.65. The number of nitriles is 1. The van der Waals surface area contributed by atoms with Crippen molar-refractivity contribution in [2.75, 3.05) is 11.9 Å². The number of nitrogens with zero attached hydrogens (tertiary/aromatic N) is 1. The molecule has 1 rings (SSSR count). The van der Waals surface area contributed by atoms with E-state index in [2.05, 4.69) is 18.0 Å². The van der Waals surface area contributed by atoms with Crippen molar-refractivity contribution in [3.8, 4) is 6.07 Å². The SMILES string of the molecule is C=CCCCCCNc1ccccc1C#N. The van der Waals surface area contributed by atoms with Crippen LogP contribution >= 0.6 is 0 Å². The summed E-state index contributed by atoms with van der Waals surface area (Å²) in [7, 11) is 0. The summed E-state index contributed by atoms with van der Waals surface area (Å²) in [5, 5.41) is 12.2. The van der Waals surface area contributed by atoms with Crippen molar-refractivity contribution >= 4 is 5.69 Å². The summed E-state index contributed by atoms with van der Waals surface area (Å²) in [5.74, 6) is 0. The molecular weight excluding hydrogens is 196 g/mol. The predicted molar refractivity (Wildman–Crippen MR) is 68.3 cm³/mol. The number of unbranched alkanes of at least 4 members (excludes halogenated alkanes) is 3. The fraction of sp³-hybridized carbons (Fsp3) is 0.357. The second-order valence-electron chi connectivity index (χ2n) is 3.72. The number of rotatable bonds is 7. The topological polar surface area (TPSA) is 35.8 Å². The van der Waals surface area contributed by atoms with Crippen LogP contribution in [0.2, 0.25) is 0 Å². The van der Waals surface area contributed by atoms with E-state index in [-0.39, 0.29) is 0 Å². The van der Waals surface area contributed by atoms with Crippen molar-refractivity contribution in [1.82, 2.24) is 0 Å². The van der Waals surface area contributed by atoms with E-state index in [1.165, 1.54) is 12.8 Å². The van der Waals surface area contributed by atoms with Crippen LogP contribution in [0, 0.1) is 11.3 Å². The maximum Gasteiger partial charge on any atom is 0.101 e. The minimum atomic E-state index is 0.716. The quantitative estimate of drug-likeness (QED) is 0.554. The van der Waals surface area contributed by atoms with Gasteiger partial charge in [0.1, 0.15) is 6.07 Å². The van der Waals surface area contributed by atoms with Crippen LogP contribution in [0.15, 0.2) is 36.9 Å². The zero-order chi connectivity index (χ0) is 11.6. The Morgan fingerprint density at radius 1 is 1.25 bits per heavy atom. The van der Waals surface area contributed by atoms with E-state index in [0.29, 0.717) is 5.56 Å². The highest BCUT2D eigenvalue weighted by Crippen LogP contribution is 2.13. The number of allylic oxidation sites excluding steroid dienone is 1. The van der Waals surface area contributed by atoms with Gasteiger partial charge >= 0.3 is 0 Å². The van der Waals surface area contributed by atoms with E-state index < -0.39 is 0 Å². The fourth-order valence-corrected chi connectivity index (χ4v) is 1.55. The molecule has 2 nitrogen and oxygen atoms in total. The Kier molecular flexibility index (Phi) is 5.80. The van der Waals surface area contributed by atoms with Gasteiger partial charge in [-0.2, -0.15) is 5.26 Å². The van der Waals surface area contributed by atoms with Gasteiger partial charge in [-0.15, -0.1) is 6.58 Å². The van der Waals surface area contributed by atoms with Gasteiger partial charge in [0.2, 0.25) is 0 Å². The predicted octanol–water partition coefficient (Wildman–Crippen LogP) is 3.72. The molecule has 0 radical (unpaired) electrons. The number of hydrogen-bond donors (Lipinski definition) is 1. The molecule has 0 aromatic heterocycles. The molecule has 0 fully saturated rings. The molecule has 16 heavy (non-hydrogen) atoms. The summed E-state index contributed by atoms with van der Waals surface area (Å²) in [6.07, 6.45) is 6.58. The second kappa shape index (κ2) is 7.53. The van der Waals surface area contributed by atoms with Gasteiger partial charge in [0.15, 0.2) is 0 Å². The molecule has 2 heteroatoms. The first-order chi connectivity index (χ1) is 7.88. The summed E-state index contributed by atoms with van der Waals surface area (Å²) in [6, 6.07) is 9.79. The molecule has 0 heterocycles. The van der Waals surface area contributed by atoms with E-state index in [9.17, 15) is 0 Å². The Balaban J connectivity index is 2.27. The molecule has 0 amide bonds. The fourth-order valence-electron chi connectivity index (χ4n) is 1.55. The van der Waals surface area contributed by atoms with Gasteiger partial charge in [0.25, 0.3) is 0 Å². The molecule has 0 unspecified atom stereocenters. The normalized spacial score (nSPS) is 9.44. The van der Waals surface area contributed by atoms with Crippen LogP contribution < -0.4 is 5.32 Å². The number of hydrogen-bond acceptors (Lipinski definition) is 2. The summed E-state index contributed by atoms with van der Waals surface area (Å²) < 4.78 is 0. The Bertz CT molecular complexity index is 363. The van der Waals surface area contributed by atoms with Crippen molar-refractivity contribution in [3.05, 3.63) is 42.5 Å². The lowest BCUT2D eigenvalue weighted by Crippen LogP contribution is -2.02. The molecule has 0 saturated carbocycles. The van der Waals surface area contributed by atoms with Crippen LogP contribution in [-0.2, 0) is 0 Å². The Labute approximate surface area is 97.6 Å². The molecule has 1 aromatic rings. The molecule has 0 aliphatic rings. The maximum atomic E-state index is 8.89. The molecule has 0 atom stereocenters. The average Bonchev–Trinajstić information content (AvgIpc) is 2.34. The summed E-state index contributed by atoms with van der Waals surface area (Å²) in [6.45, 7) is 4.62. The molecule has 0 aliphatic heterocycles. The first-order valence-corrected chi connectivity index (χ1v) is 5.72. The minimum absolute atomic E-state index is 0.716. The third-order valence-corrected chi connectivity index (χ3v) is 2.45. The highest BCUT2D eigenvalue weighted by atomic mass is 14.9. The van der Waals surface area contributed by atoms with E-state index in [1.807, 2.05) is 30.3 Å². The standard InChI is InChI=1S/C14H18N2/c1-2-3-4-5-8-11-16-14-10-7-6-9-13(14)12-15/h2,6-7,9-10,16H,1,3-5,8,11H2. The highest BCUT2D eigenvalue weighted by Gasteiger charge is 1.98. The lowest BCUT2D eigenvalue weighted by Gasteiger charge is -2.07. The van der Waals surface area contributed by atoms with Crippen molar-refractivity contribution in [2.45, 2.75) is 25.7 Å². The molecule has 0 saturated heterocycles. The van der Waals surface area contributed by atoms with E-state index in [1.54, 1.807) is 0 Å². The third kappa shape index (κ3) is 4.18. The second-order valence-corrected chi connectivity index (χ2v) is 3.72. The van der Waals surface area contributed by atoms with Crippen molar-refractivity contribution < 1.29 is 0 Å². The Morgan fingerprint density at radius 2 is 2.06 bits per heavy atom. The summed E-state index contributed by atoms with van der Waals surface area (Å²) >= 11 is 0. The van der Waals surface area contributed by atoms with E-state index in [0.717, 1.165) is 25.1 Å². The Morgan fingerprint density at radius 3 is 2.81 bits per heavy atom.